The van der Waals surface area contributed by atoms with E-state index in [4.69, 9.17) is 9.47 Å². The quantitative estimate of drug-likeness (QED) is 0.676. The van der Waals surface area contributed by atoms with E-state index in [0.717, 1.165) is 27.6 Å². The number of para-hydroxylation sites is 1. The van der Waals surface area contributed by atoms with Crippen molar-refractivity contribution in [1.82, 2.24) is 4.98 Å². The number of methoxy groups -OCH3 is 2. The van der Waals surface area contributed by atoms with E-state index in [-0.39, 0.29) is 5.91 Å². The van der Waals surface area contributed by atoms with Gasteiger partial charge in [0.25, 0.3) is 5.91 Å². The number of thiazole rings is 1. The van der Waals surface area contributed by atoms with Gasteiger partial charge in [-0.1, -0.05) is 18.2 Å². The first-order chi connectivity index (χ1) is 13.1. The summed E-state index contributed by atoms with van der Waals surface area (Å²) in [5.41, 5.74) is 3.62. The largest absolute Gasteiger partial charge is 0.493 e. The molecule has 1 aliphatic rings. The standard InChI is InChI=1S/C21H20N2O3S/c1-13-19(21(24)23-11-10-14-6-4-5-7-16(14)23)22-20(27-13)15-8-9-17(25-2)18(12-15)26-3/h4-9,12H,10-11H2,1-3H3. The maximum Gasteiger partial charge on any atom is 0.278 e. The molecule has 5 nitrogen and oxygen atoms in total. The van der Waals surface area contributed by atoms with Crippen molar-refractivity contribution in [3.63, 3.8) is 0 Å². The van der Waals surface area contributed by atoms with Crippen molar-refractivity contribution < 1.29 is 14.3 Å². The molecule has 0 radical (unpaired) electrons. The monoisotopic (exact) mass is 380 g/mol. The van der Waals surface area contributed by atoms with Gasteiger partial charge in [0.1, 0.15) is 10.7 Å². The number of aromatic nitrogens is 1. The fraction of sp³-hybridized carbons (Fsp3) is 0.238. The second-order valence-corrected chi connectivity index (χ2v) is 7.53. The molecule has 0 atom stereocenters. The maximum absolute atomic E-state index is 13.1. The predicted octanol–water partition coefficient (Wildman–Crippen LogP) is 4.34. The molecule has 0 aliphatic carbocycles. The van der Waals surface area contributed by atoms with E-state index in [1.165, 1.54) is 16.9 Å². The summed E-state index contributed by atoms with van der Waals surface area (Å²) in [6.45, 7) is 2.64. The highest BCUT2D eigenvalue weighted by atomic mass is 32.1. The zero-order valence-electron chi connectivity index (χ0n) is 15.5. The van der Waals surface area contributed by atoms with Crippen molar-refractivity contribution in [1.29, 1.82) is 0 Å². The van der Waals surface area contributed by atoms with Crippen LogP contribution in [0.25, 0.3) is 10.6 Å². The smallest absolute Gasteiger partial charge is 0.278 e. The van der Waals surface area contributed by atoms with Crippen molar-refractivity contribution in [3.8, 4) is 22.1 Å². The van der Waals surface area contributed by atoms with Crippen molar-refractivity contribution in [2.24, 2.45) is 0 Å². The van der Waals surface area contributed by atoms with E-state index >= 15 is 0 Å². The summed E-state index contributed by atoms with van der Waals surface area (Å²) < 4.78 is 10.7. The van der Waals surface area contributed by atoms with Crippen LogP contribution in [0.15, 0.2) is 42.5 Å². The summed E-state index contributed by atoms with van der Waals surface area (Å²) in [5, 5.41) is 0.796. The molecule has 2 heterocycles. The molecule has 0 bridgehead atoms. The van der Waals surface area contributed by atoms with Crippen LogP contribution in [-0.4, -0.2) is 31.7 Å². The SMILES string of the molecule is COc1ccc(-c2nc(C(=O)N3CCc4ccccc43)c(C)s2)cc1OC. The minimum Gasteiger partial charge on any atom is -0.493 e. The average molecular weight is 380 g/mol. The van der Waals surface area contributed by atoms with E-state index in [1.54, 1.807) is 14.2 Å². The highest BCUT2D eigenvalue weighted by molar-refractivity contribution is 7.15. The van der Waals surface area contributed by atoms with Crippen molar-refractivity contribution in [2.45, 2.75) is 13.3 Å². The highest BCUT2D eigenvalue weighted by Crippen LogP contribution is 2.36. The van der Waals surface area contributed by atoms with E-state index in [9.17, 15) is 4.79 Å². The van der Waals surface area contributed by atoms with Gasteiger partial charge >= 0.3 is 0 Å². The Labute approximate surface area is 162 Å². The summed E-state index contributed by atoms with van der Waals surface area (Å²) in [6, 6.07) is 13.7. The molecular weight excluding hydrogens is 360 g/mol. The van der Waals surface area contributed by atoms with Gasteiger partial charge < -0.3 is 14.4 Å². The van der Waals surface area contributed by atoms with E-state index in [1.807, 2.05) is 48.2 Å². The van der Waals surface area contributed by atoms with Crippen LogP contribution in [-0.2, 0) is 6.42 Å². The zero-order chi connectivity index (χ0) is 19.0. The number of hydrogen-bond acceptors (Lipinski definition) is 5. The van der Waals surface area contributed by atoms with Crippen molar-refractivity contribution in [2.75, 3.05) is 25.7 Å². The summed E-state index contributed by atoms with van der Waals surface area (Å²) in [4.78, 5) is 20.5. The van der Waals surface area contributed by atoms with Crippen LogP contribution in [0.3, 0.4) is 0 Å². The van der Waals surface area contributed by atoms with E-state index < -0.39 is 0 Å². The molecule has 138 valence electrons. The first-order valence-corrected chi connectivity index (χ1v) is 9.53. The van der Waals surface area contributed by atoms with Gasteiger partial charge in [0.15, 0.2) is 11.5 Å². The Morgan fingerprint density at radius 1 is 1.11 bits per heavy atom. The van der Waals surface area contributed by atoms with Gasteiger partial charge in [0, 0.05) is 22.7 Å². The number of ether oxygens (including phenoxy) is 2. The predicted molar refractivity (Wildman–Crippen MR) is 107 cm³/mol. The van der Waals surface area contributed by atoms with Gasteiger partial charge in [-0.05, 0) is 43.2 Å². The number of benzene rings is 2. The molecule has 2 aromatic carbocycles. The fourth-order valence-electron chi connectivity index (χ4n) is 3.36. The number of hydrogen-bond donors (Lipinski definition) is 0. The molecule has 27 heavy (non-hydrogen) atoms. The second-order valence-electron chi connectivity index (χ2n) is 6.33. The Morgan fingerprint density at radius 3 is 2.67 bits per heavy atom. The summed E-state index contributed by atoms with van der Waals surface area (Å²) in [5.74, 6) is 1.27. The Kier molecular flexibility index (Phi) is 4.58. The lowest BCUT2D eigenvalue weighted by atomic mass is 10.2. The lowest BCUT2D eigenvalue weighted by Gasteiger charge is -2.16. The average Bonchev–Trinajstić information content (AvgIpc) is 3.30. The lowest BCUT2D eigenvalue weighted by molar-refractivity contribution is 0.0985. The van der Waals surface area contributed by atoms with Gasteiger partial charge in [0.05, 0.1) is 14.2 Å². The van der Waals surface area contributed by atoms with Crippen LogP contribution in [0.1, 0.15) is 20.9 Å². The number of fused-ring (bicyclic) bond motifs is 1. The summed E-state index contributed by atoms with van der Waals surface area (Å²) in [7, 11) is 3.21. The minimum atomic E-state index is -0.0413. The molecule has 3 aromatic rings. The van der Waals surface area contributed by atoms with Gasteiger partial charge in [0.2, 0.25) is 0 Å². The fourth-order valence-corrected chi connectivity index (χ4v) is 4.27. The second kappa shape index (κ2) is 7.04. The van der Waals surface area contributed by atoms with Crippen molar-refractivity contribution in [3.05, 3.63) is 58.6 Å². The Hall–Kier alpha value is -2.86. The third kappa shape index (κ3) is 3.06. The Morgan fingerprint density at radius 2 is 1.89 bits per heavy atom. The number of amides is 1. The van der Waals surface area contributed by atoms with Crippen LogP contribution >= 0.6 is 11.3 Å². The number of carbonyl (C=O) groups is 1. The molecule has 0 N–H and O–H groups in total. The zero-order valence-corrected chi connectivity index (χ0v) is 16.3. The first-order valence-electron chi connectivity index (χ1n) is 8.72. The van der Waals surface area contributed by atoms with E-state index in [2.05, 4.69) is 11.1 Å². The van der Waals surface area contributed by atoms with Crippen LogP contribution < -0.4 is 14.4 Å². The Bertz CT molecular complexity index is 1010. The maximum atomic E-state index is 13.1. The number of anilines is 1. The molecule has 0 unspecified atom stereocenters. The molecule has 4 rings (SSSR count). The number of carbonyl (C=O) groups excluding carboxylic acids is 1. The lowest BCUT2D eigenvalue weighted by Crippen LogP contribution is -2.29. The highest BCUT2D eigenvalue weighted by Gasteiger charge is 2.28. The van der Waals surface area contributed by atoms with Crippen molar-refractivity contribution >= 4 is 22.9 Å². The Balaban J connectivity index is 1.67. The normalized spacial score (nSPS) is 12.8. The molecular formula is C21H20N2O3S. The van der Waals surface area contributed by atoms with Gasteiger partial charge in [-0.15, -0.1) is 11.3 Å². The minimum absolute atomic E-state index is 0.0413. The molecule has 0 spiro atoms. The number of rotatable bonds is 4. The van der Waals surface area contributed by atoms with Gasteiger partial charge in [-0.3, -0.25) is 4.79 Å². The van der Waals surface area contributed by atoms with E-state index in [0.29, 0.717) is 23.7 Å². The molecule has 1 aliphatic heterocycles. The summed E-state index contributed by atoms with van der Waals surface area (Å²) in [6.07, 6.45) is 0.883. The van der Waals surface area contributed by atoms with Gasteiger partial charge in [-0.25, -0.2) is 4.98 Å². The van der Waals surface area contributed by atoms with Gasteiger partial charge in [-0.2, -0.15) is 0 Å². The molecule has 0 saturated carbocycles. The third-order valence-corrected chi connectivity index (χ3v) is 5.78. The molecule has 1 amide bonds. The molecule has 1 aromatic heterocycles. The molecule has 0 saturated heterocycles. The number of aryl methyl sites for hydroxylation is 1. The third-order valence-electron chi connectivity index (χ3n) is 4.76. The summed E-state index contributed by atoms with van der Waals surface area (Å²) >= 11 is 1.51. The van der Waals surface area contributed by atoms with Crippen LogP contribution in [0, 0.1) is 6.92 Å². The first kappa shape index (κ1) is 17.5. The topological polar surface area (TPSA) is 51.7 Å². The van der Waals surface area contributed by atoms with Crippen LogP contribution in [0.5, 0.6) is 11.5 Å². The van der Waals surface area contributed by atoms with Crippen LogP contribution in [0.2, 0.25) is 0 Å². The molecule has 6 heteroatoms. The number of nitrogens with zero attached hydrogens (tertiary/aromatic N) is 2. The molecule has 0 fully saturated rings. The van der Waals surface area contributed by atoms with Crippen LogP contribution in [0.4, 0.5) is 5.69 Å².